The molecule has 152 valence electrons. The largest absolute Gasteiger partial charge is 0.365 e. The van der Waals surface area contributed by atoms with Gasteiger partial charge in [0.25, 0.3) is 5.91 Å². The van der Waals surface area contributed by atoms with Crippen LogP contribution in [0.5, 0.6) is 0 Å². The number of primary amides is 1. The minimum Gasteiger partial charge on any atom is -0.365 e. The number of carbonyl (C=O) groups excluding carboxylic acids is 2. The molecular weight excluding hydrogens is 395 g/mol. The highest BCUT2D eigenvalue weighted by atomic mass is 32.1. The number of thiazole rings is 1. The van der Waals surface area contributed by atoms with Crippen LogP contribution in [-0.2, 0) is 4.79 Å². The van der Waals surface area contributed by atoms with Crippen molar-refractivity contribution in [3.63, 3.8) is 0 Å². The molecule has 3 rings (SSSR count). The monoisotopic (exact) mass is 416 g/mol. The van der Waals surface area contributed by atoms with E-state index in [0.717, 1.165) is 16.3 Å². The third-order valence-corrected chi connectivity index (χ3v) is 4.91. The van der Waals surface area contributed by atoms with E-state index in [0.29, 0.717) is 18.5 Å². The van der Waals surface area contributed by atoms with Gasteiger partial charge in [-0.1, -0.05) is 13.8 Å². The van der Waals surface area contributed by atoms with Crippen molar-refractivity contribution in [3.05, 3.63) is 41.2 Å². The second-order valence-electron chi connectivity index (χ2n) is 6.85. The second-order valence-corrected chi connectivity index (χ2v) is 7.74. The zero-order valence-electron chi connectivity index (χ0n) is 15.9. The van der Waals surface area contributed by atoms with E-state index in [1.807, 2.05) is 26.0 Å². The zero-order valence-corrected chi connectivity index (χ0v) is 16.7. The first-order valence-corrected chi connectivity index (χ1v) is 9.82. The Labute approximate surface area is 170 Å². The fourth-order valence-corrected chi connectivity index (χ4v) is 3.55. The Morgan fingerprint density at radius 1 is 1.31 bits per heavy atom. The molecule has 0 aliphatic carbocycles. The van der Waals surface area contributed by atoms with Gasteiger partial charge in [-0.25, -0.2) is 14.4 Å². The van der Waals surface area contributed by atoms with Crippen molar-refractivity contribution in [3.8, 4) is 0 Å². The highest BCUT2D eigenvalue weighted by Crippen LogP contribution is 2.27. The van der Waals surface area contributed by atoms with E-state index in [9.17, 15) is 14.0 Å². The van der Waals surface area contributed by atoms with Gasteiger partial charge in [-0.15, -0.1) is 11.3 Å². The normalized spacial score (nSPS) is 12.0. The van der Waals surface area contributed by atoms with Gasteiger partial charge in [0.15, 0.2) is 11.6 Å². The summed E-state index contributed by atoms with van der Waals surface area (Å²) in [7, 11) is 0. The van der Waals surface area contributed by atoms with Gasteiger partial charge in [0, 0.05) is 5.69 Å². The first-order valence-electron chi connectivity index (χ1n) is 8.94. The minimum atomic E-state index is -0.811. The van der Waals surface area contributed by atoms with E-state index in [2.05, 4.69) is 25.9 Å². The molecule has 0 fully saturated rings. The van der Waals surface area contributed by atoms with Gasteiger partial charge in [-0.2, -0.15) is 0 Å². The number of fused-ring (bicyclic) bond motifs is 1. The summed E-state index contributed by atoms with van der Waals surface area (Å²) in [6.45, 7) is 3.95. The van der Waals surface area contributed by atoms with E-state index in [1.54, 1.807) is 11.6 Å². The number of pyridine rings is 1. The average Bonchev–Trinajstić information content (AvgIpc) is 3.11. The smallest absolute Gasteiger partial charge is 0.252 e. The topological polar surface area (TPSA) is 122 Å². The Kier molecular flexibility index (Phi) is 6.23. The third-order valence-electron chi connectivity index (χ3n) is 4.12. The van der Waals surface area contributed by atoms with Gasteiger partial charge < -0.3 is 21.7 Å². The summed E-state index contributed by atoms with van der Waals surface area (Å²) in [4.78, 5) is 31.1. The predicted molar refractivity (Wildman–Crippen MR) is 112 cm³/mol. The Bertz CT molecular complexity index is 1040. The standard InChI is InChI=1S/C19H21FN6O2S/c1-10(2)5-16(22-8-27)25-19-13(20)7-12(17(21)28)18(26-19)24-11-3-4-14-15(6-11)29-9-23-14/h3-4,6-10,16H,5H2,1-2H3,(H2,21,28)(H,22,27)(H2,24,25,26)/t16-/m1/s1. The molecule has 1 atom stereocenters. The molecule has 2 aromatic heterocycles. The molecule has 0 aliphatic heterocycles. The van der Waals surface area contributed by atoms with Crippen LogP contribution in [0.2, 0.25) is 0 Å². The Morgan fingerprint density at radius 3 is 2.79 bits per heavy atom. The predicted octanol–water partition coefficient (Wildman–Crippen LogP) is 3.20. The van der Waals surface area contributed by atoms with Crippen molar-refractivity contribution in [2.45, 2.75) is 26.4 Å². The Morgan fingerprint density at radius 2 is 2.10 bits per heavy atom. The molecule has 0 saturated carbocycles. The summed E-state index contributed by atoms with van der Waals surface area (Å²) >= 11 is 1.47. The van der Waals surface area contributed by atoms with Crippen molar-refractivity contribution < 1.29 is 14.0 Å². The molecule has 0 aliphatic rings. The lowest BCUT2D eigenvalue weighted by Gasteiger charge is -2.21. The maximum Gasteiger partial charge on any atom is 0.252 e. The molecule has 2 amide bonds. The number of nitrogens with zero attached hydrogens (tertiary/aromatic N) is 2. The highest BCUT2D eigenvalue weighted by molar-refractivity contribution is 7.16. The second kappa shape index (κ2) is 8.82. The van der Waals surface area contributed by atoms with Crippen LogP contribution in [-0.4, -0.2) is 28.5 Å². The van der Waals surface area contributed by atoms with Crippen molar-refractivity contribution >= 4 is 51.2 Å². The van der Waals surface area contributed by atoms with Crippen molar-refractivity contribution in [1.82, 2.24) is 15.3 Å². The number of halogens is 1. The van der Waals surface area contributed by atoms with Gasteiger partial charge in [0.2, 0.25) is 6.41 Å². The number of carbonyl (C=O) groups is 2. The summed E-state index contributed by atoms with van der Waals surface area (Å²) in [6, 6.07) is 6.48. The van der Waals surface area contributed by atoms with E-state index < -0.39 is 17.9 Å². The maximum atomic E-state index is 14.6. The van der Waals surface area contributed by atoms with E-state index in [-0.39, 0.29) is 23.1 Å². The number of hydrogen-bond donors (Lipinski definition) is 4. The summed E-state index contributed by atoms with van der Waals surface area (Å²) in [5.74, 6) is -1.30. The molecule has 3 aromatic rings. The lowest BCUT2D eigenvalue weighted by molar-refractivity contribution is -0.110. The summed E-state index contributed by atoms with van der Waals surface area (Å²) < 4.78 is 15.5. The SMILES string of the molecule is CC(C)C[C@H](NC=O)Nc1nc(Nc2ccc3ncsc3c2)c(C(N)=O)cc1F. The molecule has 0 unspecified atom stereocenters. The average molecular weight is 416 g/mol. The number of hydrogen-bond acceptors (Lipinski definition) is 7. The fraction of sp³-hybridized carbons (Fsp3) is 0.263. The molecule has 5 N–H and O–H groups in total. The third kappa shape index (κ3) is 4.96. The quantitative estimate of drug-likeness (QED) is 0.314. The van der Waals surface area contributed by atoms with Crippen molar-refractivity contribution in [2.24, 2.45) is 11.7 Å². The van der Waals surface area contributed by atoms with E-state index in [1.165, 1.54) is 11.3 Å². The summed E-state index contributed by atoms with van der Waals surface area (Å²) in [5.41, 5.74) is 8.55. The van der Waals surface area contributed by atoms with Gasteiger partial charge in [0.1, 0.15) is 12.0 Å². The first-order chi connectivity index (χ1) is 13.9. The Hall–Kier alpha value is -3.27. The van der Waals surface area contributed by atoms with Crippen LogP contribution < -0.4 is 21.7 Å². The van der Waals surface area contributed by atoms with Gasteiger partial charge in [-0.05, 0) is 36.6 Å². The van der Waals surface area contributed by atoms with E-state index in [4.69, 9.17) is 5.73 Å². The van der Waals surface area contributed by atoms with Crippen LogP contribution in [0.4, 0.5) is 21.7 Å². The van der Waals surface area contributed by atoms with Crippen LogP contribution >= 0.6 is 11.3 Å². The van der Waals surface area contributed by atoms with Gasteiger partial charge in [-0.3, -0.25) is 9.59 Å². The molecule has 0 radical (unpaired) electrons. The molecule has 1 aromatic carbocycles. The molecule has 0 spiro atoms. The van der Waals surface area contributed by atoms with Crippen LogP contribution in [0.15, 0.2) is 29.8 Å². The molecule has 2 heterocycles. The maximum absolute atomic E-state index is 14.6. The zero-order chi connectivity index (χ0) is 21.0. The molecule has 8 nitrogen and oxygen atoms in total. The van der Waals surface area contributed by atoms with Crippen molar-refractivity contribution in [2.75, 3.05) is 10.6 Å². The van der Waals surface area contributed by atoms with E-state index >= 15 is 0 Å². The molecular formula is C19H21FN6O2S. The fourth-order valence-electron chi connectivity index (χ4n) is 2.83. The van der Waals surface area contributed by atoms with Gasteiger partial charge >= 0.3 is 0 Å². The molecule has 0 saturated heterocycles. The number of nitrogens with two attached hydrogens (primary N) is 1. The number of rotatable bonds is 9. The van der Waals surface area contributed by atoms with Crippen LogP contribution in [0, 0.1) is 11.7 Å². The minimum absolute atomic E-state index is 0.0822. The number of amides is 2. The van der Waals surface area contributed by atoms with Crippen molar-refractivity contribution in [1.29, 1.82) is 0 Å². The lowest BCUT2D eigenvalue weighted by Crippen LogP contribution is -2.37. The van der Waals surface area contributed by atoms with Crippen LogP contribution in [0.25, 0.3) is 10.2 Å². The van der Waals surface area contributed by atoms with Crippen LogP contribution in [0.1, 0.15) is 30.6 Å². The molecule has 0 bridgehead atoms. The summed E-state index contributed by atoms with van der Waals surface area (Å²) in [5, 5.41) is 8.49. The number of benzene rings is 1. The van der Waals surface area contributed by atoms with Gasteiger partial charge in [0.05, 0.1) is 21.3 Å². The summed E-state index contributed by atoms with van der Waals surface area (Å²) in [6.07, 6.45) is 0.580. The molecule has 10 heteroatoms. The lowest BCUT2D eigenvalue weighted by atomic mass is 10.1. The van der Waals surface area contributed by atoms with Crippen LogP contribution in [0.3, 0.4) is 0 Å². The molecule has 29 heavy (non-hydrogen) atoms. The number of nitrogens with one attached hydrogen (secondary N) is 3. The highest BCUT2D eigenvalue weighted by Gasteiger charge is 2.19. The number of aromatic nitrogens is 2. The Balaban J connectivity index is 1.94. The number of anilines is 3. The first kappa shape index (κ1) is 20.5.